The first kappa shape index (κ1) is 15.1. The molecule has 112 valence electrons. The van der Waals surface area contributed by atoms with Crippen molar-refractivity contribution in [3.05, 3.63) is 18.2 Å². The number of hydrogen-bond donors (Lipinski definition) is 2. The molecule has 3 N–H and O–H groups in total. The highest BCUT2D eigenvalue weighted by molar-refractivity contribution is 7.89. The molecule has 0 saturated heterocycles. The fourth-order valence-electron chi connectivity index (χ4n) is 2.31. The molecule has 6 heteroatoms. The number of nitrogen functional groups attached to an aromatic ring is 1. The summed E-state index contributed by atoms with van der Waals surface area (Å²) in [7, 11) is -2.10. The minimum atomic E-state index is -3.49. The van der Waals surface area contributed by atoms with Gasteiger partial charge in [-0.15, -0.1) is 0 Å². The Labute approximate surface area is 121 Å². The Balaban J connectivity index is 2.27. The van der Waals surface area contributed by atoms with E-state index in [4.69, 9.17) is 5.73 Å². The van der Waals surface area contributed by atoms with Crippen molar-refractivity contribution >= 4 is 21.4 Å². The van der Waals surface area contributed by atoms with Gasteiger partial charge in [0, 0.05) is 18.3 Å². The Bertz CT molecular complexity index is 568. The molecule has 0 radical (unpaired) electrons. The predicted octanol–water partition coefficient (Wildman–Crippen LogP) is 1.95. The van der Waals surface area contributed by atoms with E-state index in [1.54, 1.807) is 12.1 Å². The number of anilines is 2. The molecule has 1 aromatic carbocycles. The van der Waals surface area contributed by atoms with Crippen LogP contribution in [0.5, 0.6) is 0 Å². The summed E-state index contributed by atoms with van der Waals surface area (Å²) in [6.07, 6.45) is 4.69. The average molecular weight is 297 g/mol. The van der Waals surface area contributed by atoms with E-state index >= 15 is 0 Å². The van der Waals surface area contributed by atoms with Crippen LogP contribution in [0.3, 0.4) is 0 Å². The van der Waals surface area contributed by atoms with Crippen molar-refractivity contribution in [2.45, 2.75) is 43.5 Å². The van der Waals surface area contributed by atoms with E-state index in [0.717, 1.165) is 25.1 Å². The van der Waals surface area contributed by atoms with Crippen LogP contribution in [0, 0.1) is 0 Å². The van der Waals surface area contributed by atoms with Gasteiger partial charge >= 0.3 is 0 Å². The zero-order valence-electron chi connectivity index (χ0n) is 12.1. The van der Waals surface area contributed by atoms with Crippen LogP contribution in [0.1, 0.15) is 32.6 Å². The van der Waals surface area contributed by atoms with Crippen LogP contribution in [-0.4, -0.2) is 28.1 Å². The zero-order valence-corrected chi connectivity index (χ0v) is 12.9. The third-order valence-corrected chi connectivity index (χ3v) is 5.11. The van der Waals surface area contributed by atoms with E-state index in [1.165, 1.54) is 19.9 Å². The number of hydrogen-bond acceptors (Lipinski definition) is 4. The van der Waals surface area contributed by atoms with Gasteiger partial charge in [-0.1, -0.05) is 13.3 Å². The van der Waals surface area contributed by atoms with Crippen LogP contribution in [0.25, 0.3) is 0 Å². The lowest BCUT2D eigenvalue weighted by Crippen LogP contribution is -2.27. The zero-order chi connectivity index (χ0) is 14.8. The third-order valence-electron chi connectivity index (χ3n) is 3.62. The van der Waals surface area contributed by atoms with Crippen molar-refractivity contribution in [1.29, 1.82) is 0 Å². The molecule has 1 aliphatic rings. The van der Waals surface area contributed by atoms with Crippen molar-refractivity contribution in [2.24, 2.45) is 0 Å². The average Bonchev–Trinajstić information content (AvgIpc) is 3.23. The molecule has 0 unspecified atom stereocenters. The Hall–Kier alpha value is -1.27. The molecule has 0 spiro atoms. The SMILES string of the molecule is CCCCN(c1ccc(S(=O)(=O)NC)c(N)c1)C1CC1. The number of nitrogens with two attached hydrogens (primary N) is 1. The van der Waals surface area contributed by atoms with Gasteiger partial charge in [0.1, 0.15) is 4.90 Å². The van der Waals surface area contributed by atoms with Crippen molar-refractivity contribution < 1.29 is 8.42 Å². The normalized spacial score (nSPS) is 15.3. The molecule has 1 fully saturated rings. The fourth-order valence-corrected chi connectivity index (χ4v) is 3.14. The highest BCUT2D eigenvalue weighted by Gasteiger charge is 2.29. The maximum absolute atomic E-state index is 11.8. The third kappa shape index (κ3) is 3.24. The standard InChI is InChI=1S/C14H23N3O2S/c1-3-4-9-17(11-5-6-11)12-7-8-14(13(15)10-12)20(18,19)16-2/h7-8,10-11,16H,3-6,9,15H2,1-2H3. The second-order valence-corrected chi connectivity index (χ2v) is 7.06. The highest BCUT2D eigenvalue weighted by atomic mass is 32.2. The molecule has 1 saturated carbocycles. The molecule has 0 aliphatic heterocycles. The number of nitrogens with zero attached hydrogens (tertiary/aromatic N) is 1. The van der Waals surface area contributed by atoms with Gasteiger partial charge in [0.05, 0.1) is 5.69 Å². The Morgan fingerprint density at radius 1 is 1.40 bits per heavy atom. The fraction of sp³-hybridized carbons (Fsp3) is 0.571. The minimum absolute atomic E-state index is 0.148. The van der Waals surface area contributed by atoms with Gasteiger partial charge in [-0.05, 0) is 44.5 Å². The summed E-state index contributed by atoms with van der Waals surface area (Å²) in [4.78, 5) is 2.49. The number of benzene rings is 1. The number of sulfonamides is 1. The molecule has 5 nitrogen and oxygen atoms in total. The monoisotopic (exact) mass is 297 g/mol. The molecule has 20 heavy (non-hydrogen) atoms. The molecular weight excluding hydrogens is 274 g/mol. The lowest BCUT2D eigenvalue weighted by Gasteiger charge is -2.25. The van der Waals surface area contributed by atoms with Crippen molar-refractivity contribution in [3.8, 4) is 0 Å². The molecule has 0 heterocycles. The molecule has 2 rings (SSSR count). The largest absolute Gasteiger partial charge is 0.398 e. The first-order valence-corrected chi connectivity index (χ1v) is 8.57. The van der Waals surface area contributed by atoms with E-state index in [-0.39, 0.29) is 4.90 Å². The number of unbranched alkanes of at least 4 members (excludes halogenated alkanes) is 1. The first-order chi connectivity index (χ1) is 9.49. The van der Waals surface area contributed by atoms with Crippen LogP contribution < -0.4 is 15.4 Å². The van der Waals surface area contributed by atoms with E-state index in [1.807, 2.05) is 6.07 Å². The first-order valence-electron chi connectivity index (χ1n) is 7.09. The van der Waals surface area contributed by atoms with Crippen LogP contribution in [0.4, 0.5) is 11.4 Å². The van der Waals surface area contributed by atoms with Crippen molar-refractivity contribution in [2.75, 3.05) is 24.2 Å². The summed E-state index contributed by atoms with van der Waals surface area (Å²) < 4.78 is 25.9. The van der Waals surface area contributed by atoms with Gasteiger partial charge < -0.3 is 10.6 Å². The molecule has 0 aromatic heterocycles. The molecule has 1 aliphatic carbocycles. The van der Waals surface area contributed by atoms with Crippen LogP contribution in [0.2, 0.25) is 0 Å². The Morgan fingerprint density at radius 2 is 2.10 bits per heavy atom. The molecule has 0 bridgehead atoms. The van der Waals surface area contributed by atoms with Gasteiger partial charge in [-0.2, -0.15) is 0 Å². The summed E-state index contributed by atoms with van der Waals surface area (Å²) >= 11 is 0. The minimum Gasteiger partial charge on any atom is -0.398 e. The van der Waals surface area contributed by atoms with Gasteiger partial charge in [0.25, 0.3) is 0 Å². The van der Waals surface area contributed by atoms with E-state index in [2.05, 4.69) is 16.5 Å². The smallest absolute Gasteiger partial charge is 0.242 e. The lowest BCUT2D eigenvalue weighted by atomic mass is 10.2. The van der Waals surface area contributed by atoms with Crippen LogP contribution in [-0.2, 0) is 10.0 Å². The summed E-state index contributed by atoms with van der Waals surface area (Å²) in [5.74, 6) is 0. The Morgan fingerprint density at radius 3 is 2.60 bits per heavy atom. The number of rotatable bonds is 7. The second-order valence-electron chi connectivity index (χ2n) is 5.21. The molecular formula is C14H23N3O2S. The summed E-state index contributed by atoms with van der Waals surface area (Å²) in [5.41, 5.74) is 7.25. The van der Waals surface area contributed by atoms with Crippen molar-refractivity contribution in [1.82, 2.24) is 4.72 Å². The highest BCUT2D eigenvalue weighted by Crippen LogP contribution is 2.34. The van der Waals surface area contributed by atoms with Crippen LogP contribution in [0.15, 0.2) is 23.1 Å². The Kier molecular flexibility index (Phi) is 4.55. The second kappa shape index (κ2) is 6.01. The lowest BCUT2D eigenvalue weighted by molar-refractivity contribution is 0.588. The van der Waals surface area contributed by atoms with Gasteiger partial charge in [0.15, 0.2) is 0 Å². The van der Waals surface area contributed by atoms with Crippen molar-refractivity contribution in [3.63, 3.8) is 0 Å². The predicted molar refractivity (Wildman–Crippen MR) is 82.4 cm³/mol. The van der Waals surface area contributed by atoms with E-state index < -0.39 is 10.0 Å². The maximum Gasteiger partial charge on any atom is 0.242 e. The summed E-state index contributed by atoms with van der Waals surface area (Å²) in [6, 6.07) is 5.82. The van der Waals surface area contributed by atoms with E-state index in [0.29, 0.717) is 11.7 Å². The summed E-state index contributed by atoms with van der Waals surface area (Å²) in [5, 5.41) is 0. The van der Waals surface area contributed by atoms with Gasteiger partial charge in [-0.25, -0.2) is 13.1 Å². The topological polar surface area (TPSA) is 75.4 Å². The molecule has 0 atom stereocenters. The summed E-state index contributed by atoms with van der Waals surface area (Å²) in [6.45, 7) is 3.17. The van der Waals surface area contributed by atoms with E-state index in [9.17, 15) is 8.42 Å². The quantitative estimate of drug-likeness (QED) is 0.754. The van der Waals surface area contributed by atoms with Gasteiger partial charge in [0.2, 0.25) is 10.0 Å². The molecule has 1 aromatic rings. The van der Waals surface area contributed by atoms with Gasteiger partial charge in [-0.3, -0.25) is 0 Å². The number of nitrogens with one attached hydrogen (secondary N) is 1. The maximum atomic E-state index is 11.8. The molecule has 0 amide bonds. The van der Waals surface area contributed by atoms with Crippen LogP contribution >= 0.6 is 0 Å².